The van der Waals surface area contributed by atoms with Crippen molar-refractivity contribution < 1.29 is 4.74 Å². The number of aryl methyl sites for hydroxylation is 1. The molecule has 0 aliphatic heterocycles. The Hall–Kier alpha value is -1.01. The summed E-state index contributed by atoms with van der Waals surface area (Å²) >= 11 is 3.48. The highest BCUT2D eigenvalue weighted by Crippen LogP contribution is 2.34. The van der Waals surface area contributed by atoms with Gasteiger partial charge in [-0.15, -0.1) is 0 Å². The van der Waals surface area contributed by atoms with E-state index in [1.54, 1.807) is 7.11 Å². The molecule has 0 heterocycles. The monoisotopic (exact) mass is 253 g/mol. The first-order valence-electron chi connectivity index (χ1n) is 4.31. The van der Waals surface area contributed by atoms with Crippen LogP contribution in [0.15, 0.2) is 10.5 Å². The van der Waals surface area contributed by atoms with Crippen molar-refractivity contribution in [1.29, 1.82) is 5.26 Å². The van der Waals surface area contributed by atoms with E-state index >= 15 is 0 Å². The number of halogens is 1. The van der Waals surface area contributed by atoms with Gasteiger partial charge >= 0.3 is 0 Å². The largest absolute Gasteiger partial charge is 0.495 e. The van der Waals surface area contributed by atoms with Gasteiger partial charge in [-0.1, -0.05) is 6.07 Å². The summed E-state index contributed by atoms with van der Waals surface area (Å²) in [6.07, 6.45) is 0.440. The number of rotatable bonds is 2. The van der Waals surface area contributed by atoms with E-state index in [0.717, 1.165) is 26.9 Å². The van der Waals surface area contributed by atoms with Crippen LogP contribution in [0.3, 0.4) is 0 Å². The zero-order chi connectivity index (χ0) is 10.7. The van der Waals surface area contributed by atoms with Crippen molar-refractivity contribution >= 4 is 15.9 Å². The molecule has 0 fully saturated rings. The van der Waals surface area contributed by atoms with Crippen LogP contribution in [0.5, 0.6) is 5.75 Å². The average Bonchev–Trinajstić information content (AvgIpc) is 2.15. The predicted octanol–water partition coefficient (Wildman–Crippen LogP) is 3.14. The van der Waals surface area contributed by atoms with Gasteiger partial charge in [-0.3, -0.25) is 0 Å². The van der Waals surface area contributed by atoms with E-state index in [1.165, 1.54) is 0 Å². The molecule has 0 saturated heterocycles. The third-order valence-corrected chi connectivity index (χ3v) is 3.19. The molecule has 0 atom stereocenters. The molecule has 0 aromatic heterocycles. The maximum atomic E-state index is 8.66. The fourth-order valence-electron chi connectivity index (χ4n) is 1.44. The Morgan fingerprint density at radius 3 is 2.64 bits per heavy atom. The van der Waals surface area contributed by atoms with Gasteiger partial charge in [0.05, 0.1) is 24.1 Å². The van der Waals surface area contributed by atoms with Gasteiger partial charge in [0.25, 0.3) is 0 Å². The minimum Gasteiger partial charge on any atom is -0.495 e. The second-order valence-corrected chi connectivity index (χ2v) is 3.95. The number of nitriles is 1. The summed E-state index contributed by atoms with van der Waals surface area (Å²) in [5.74, 6) is 0.851. The molecule has 0 amide bonds. The summed E-state index contributed by atoms with van der Waals surface area (Å²) in [4.78, 5) is 0. The van der Waals surface area contributed by atoms with Crippen LogP contribution in [0.1, 0.15) is 16.7 Å². The van der Waals surface area contributed by atoms with Gasteiger partial charge in [0.2, 0.25) is 0 Å². The number of hydrogen-bond acceptors (Lipinski definition) is 2. The molecule has 3 heteroatoms. The lowest BCUT2D eigenvalue weighted by atomic mass is 10.0. The van der Waals surface area contributed by atoms with Crippen LogP contribution in [0.25, 0.3) is 0 Å². The first kappa shape index (κ1) is 11.1. The minimum absolute atomic E-state index is 0.440. The molecule has 14 heavy (non-hydrogen) atoms. The lowest BCUT2D eigenvalue weighted by molar-refractivity contribution is 0.408. The summed E-state index contributed by atoms with van der Waals surface area (Å²) < 4.78 is 6.21. The topological polar surface area (TPSA) is 33.0 Å². The standard InChI is InChI=1S/C11H12BrNO/c1-7-6-9(4-5-13)8(2)10(12)11(7)14-3/h6H,4H2,1-3H3. The molecule has 0 saturated carbocycles. The van der Waals surface area contributed by atoms with Crippen LogP contribution >= 0.6 is 15.9 Å². The molecule has 0 bridgehead atoms. The van der Waals surface area contributed by atoms with Crippen molar-refractivity contribution in [2.45, 2.75) is 20.3 Å². The molecule has 1 aromatic rings. The van der Waals surface area contributed by atoms with E-state index in [1.807, 2.05) is 19.9 Å². The fraction of sp³-hybridized carbons (Fsp3) is 0.364. The summed E-state index contributed by atoms with van der Waals surface area (Å²) in [6, 6.07) is 4.16. The molecular formula is C11H12BrNO. The Bertz CT molecular complexity index is 393. The zero-order valence-corrected chi connectivity index (χ0v) is 10.1. The van der Waals surface area contributed by atoms with Crippen molar-refractivity contribution in [2.75, 3.05) is 7.11 Å². The summed E-state index contributed by atoms with van der Waals surface area (Å²) in [7, 11) is 1.65. The Morgan fingerprint density at radius 2 is 2.14 bits per heavy atom. The van der Waals surface area contributed by atoms with E-state index in [0.29, 0.717) is 6.42 Å². The number of methoxy groups -OCH3 is 1. The van der Waals surface area contributed by atoms with Gasteiger partial charge in [-0.05, 0) is 46.5 Å². The van der Waals surface area contributed by atoms with E-state index in [2.05, 4.69) is 22.0 Å². The van der Waals surface area contributed by atoms with Crippen molar-refractivity contribution in [1.82, 2.24) is 0 Å². The first-order chi connectivity index (χ1) is 6.61. The highest BCUT2D eigenvalue weighted by molar-refractivity contribution is 9.10. The van der Waals surface area contributed by atoms with Crippen LogP contribution in [-0.2, 0) is 6.42 Å². The predicted molar refractivity (Wildman–Crippen MR) is 59.5 cm³/mol. The Kier molecular flexibility index (Phi) is 3.54. The number of benzene rings is 1. The third-order valence-electron chi connectivity index (χ3n) is 2.23. The number of ether oxygens (including phenoxy) is 1. The Morgan fingerprint density at radius 1 is 1.50 bits per heavy atom. The molecule has 1 aromatic carbocycles. The highest BCUT2D eigenvalue weighted by Gasteiger charge is 2.11. The van der Waals surface area contributed by atoms with Crippen molar-refractivity contribution in [3.63, 3.8) is 0 Å². The zero-order valence-electron chi connectivity index (χ0n) is 8.52. The number of nitrogens with zero attached hydrogens (tertiary/aromatic N) is 1. The van der Waals surface area contributed by atoms with Crippen molar-refractivity contribution in [2.24, 2.45) is 0 Å². The van der Waals surface area contributed by atoms with Gasteiger partial charge in [0, 0.05) is 0 Å². The SMILES string of the molecule is COc1c(C)cc(CC#N)c(C)c1Br. The third kappa shape index (κ3) is 1.91. The number of hydrogen-bond donors (Lipinski definition) is 0. The molecule has 1 rings (SSSR count). The molecular weight excluding hydrogens is 242 g/mol. The van der Waals surface area contributed by atoms with Crippen LogP contribution in [-0.4, -0.2) is 7.11 Å². The fourth-order valence-corrected chi connectivity index (χ4v) is 2.17. The molecule has 0 radical (unpaired) electrons. The summed E-state index contributed by atoms with van der Waals surface area (Å²) in [6.45, 7) is 3.96. The van der Waals surface area contributed by atoms with Gasteiger partial charge in [-0.25, -0.2) is 0 Å². The van der Waals surface area contributed by atoms with Gasteiger partial charge < -0.3 is 4.74 Å². The van der Waals surface area contributed by atoms with Crippen LogP contribution in [0.2, 0.25) is 0 Å². The van der Waals surface area contributed by atoms with Crippen LogP contribution in [0.4, 0.5) is 0 Å². The van der Waals surface area contributed by atoms with Crippen LogP contribution in [0, 0.1) is 25.2 Å². The maximum absolute atomic E-state index is 8.66. The average molecular weight is 254 g/mol. The smallest absolute Gasteiger partial charge is 0.136 e. The van der Waals surface area contributed by atoms with E-state index in [4.69, 9.17) is 10.00 Å². The van der Waals surface area contributed by atoms with E-state index in [-0.39, 0.29) is 0 Å². The quantitative estimate of drug-likeness (QED) is 0.812. The lowest BCUT2D eigenvalue weighted by Crippen LogP contribution is -1.96. The van der Waals surface area contributed by atoms with Crippen molar-refractivity contribution in [3.05, 3.63) is 27.2 Å². The van der Waals surface area contributed by atoms with Gasteiger partial charge in [-0.2, -0.15) is 5.26 Å². The second kappa shape index (κ2) is 4.47. The minimum atomic E-state index is 0.440. The molecule has 0 aliphatic carbocycles. The van der Waals surface area contributed by atoms with Gasteiger partial charge in [0.1, 0.15) is 5.75 Å². The van der Waals surface area contributed by atoms with Crippen LogP contribution < -0.4 is 4.74 Å². The Labute approximate surface area is 92.6 Å². The maximum Gasteiger partial charge on any atom is 0.136 e. The summed E-state index contributed by atoms with van der Waals surface area (Å²) in [5.41, 5.74) is 3.18. The van der Waals surface area contributed by atoms with Gasteiger partial charge in [0.15, 0.2) is 0 Å². The molecule has 0 N–H and O–H groups in total. The first-order valence-corrected chi connectivity index (χ1v) is 5.10. The molecule has 2 nitrogen and oxygen atoms in total. The molecule has 0 unspecified atom stereocenters. The normalized spacial score (nSPS) is 9.64. The lowest BCUT2D eigenvalue weighted by Gasteiger charge is -2.12. The second-order valence-electron chi connectivity index (χ2n) is 3.16. The molecule has 0 aliphatic rings. The highest BCUT2D eigenvalue weighted by atomic mass is 79.9. The summed E-state index contributed by atoms with van der Waals surface area (Å²) in [5, 5.41) is 8.66. The van der Waals surface area contributed by atoms with E-state index in [9.17, 15) is 0 Å². The molecule has 0 spiro atoms. The Balaban J connectivity index is 3.34. The molecule has 74 valence electrons. The van der Waals surface area contributed by atoms with E-state index < -0.39 is 0 Å². The van der Waals surface area contributed by atoms with Crippen molar-refractivity contribution in [3.8, 4) is 11.8 Å².